The van der Waals surface area contributed by atoms with Crippen LogP contribution in [0.1, 0.15) is 27.2 Å². The standard InChI is InChI=1S/C6H14N2/c1-4-6(3)8-7-5-2/h7H,4-5H2,1-3H3. The van der Waals surface area contributed by atoms with Crippen LogP contribution in [0.15, 0.2) is 5.10 Å². The molecule has 0 aliphatic rings. The topological polar surface area (TPSA) is 24.4 Å². The fourth-order valence-corrected chi connectivity index (χ4v) is 0.293. The van der Waals surface area contributed by atoms with Gasteiger partial charge in [-0.05, 0) is 20.3 Å². The third-order valence-electron chi connectivity index (χ3n) is 0.940. The summed E-state index contributed by atoms with van der Waals surface area (Å²) in [5.41, 5.74) is 4.05. The van der Waals surface area contributed by atoms with Crippen LogP contribution in [0.25, 0.3) is 0 Å². The molecule has 1 N–H and O–H groups in total. The highest BCUT2D eigenvalue weighted by molar-refractivity contribution is 5.81. The Morgan fingerprint density at radius 1 is 1.50 bits per heavy atom. The second-order valence-electron chi connectivity index (χ2n) is 1.71. The molecular weight excluding hydrogens is 100 g/mol. The quantitative estimate of drug-likeness (QED) is 0.435. The summed E-state index contributed by atoms with van der Waals surface area (Å²) in [6, 6.07) is 0. The van der Waals surface area contributed by atoms with Gasteiger partial charge >= 0.3 is 0 Å². The molecule has 0 saturated carbocycles. The van der Waals surface area contributed by atoms with E-state index in [4.69, 9.17) is 0 Å². The van der Waals surface area contributed by atoms with E-state index in [1.165, 1.54) is 0 Å². The van der Waals surface area contributed by atoms with Crippen LogP contribution in [0.2, 0.25) is 0 Å². The Morgan fingerprint density at radius 2 is 2.12 bits per heavy atom. The van der Waals surface area contributed by atoms with Crippen LogP contribution in [-0.2, 0) is 0 Å². The molecule has 0 atom stereocenters. The zero-order valence-corrected chi connectivity index (χ0v) is 5.86. The van der Waals surface area contributed by atoms with E-state index >= 15 is 0 Å². The van der Waals surface area contributed by atoms with Gasteiger partial charge in [0.15, 0.2) is 0 Å². The van der Waals surface area contributed by atoms with Crippen LogP contribution in [0, 0.1) is 0 Å². The Morgan fingerprint density at radius 3 is 2.50 bits per heavy atom. The van der Waals surface area contributed by atoms with Crippen molar-refractivity contribution >= 4 is 5.71 Å². The normalized spacial score (nSPS) is 11.6. The number of nitrogens with zero attached hydrogens (tertiary/aromatic N) is 1. The fourth-order valence-electron chi connectivity index (χ4n) is 0.293. The lowest BCUT2D eigenvalue weighted by molar-refractivity contribution is 0.778. The monoisotopic (exact) mass is 114 g/mol. The van der Waals surface area contributed by atoms with Crippen LogP contribution in [-0.4, -0.2) is 12.3 Å². The van der Waals surface area contributed by atoms with E-state index < -0.39 is 0 Å². The minimum absolute atomic E-state index is 0.914. The third-order valence-corrected chi connectivity index (χ3v) is 0.940. The van der Waals surface area contributed by atoms with Crippen molar-refractivity contribution in [3.05, 3.63) is 0 Å². The molecule has 0 aromatic heterocycles. The van der Waals surface area contributed by atoms with Crippen LogP contribution in [0.3, 0.4) is 0 Å². The van der Waals surface area contributed by atoms with Gasteiger partial charge in [0.2, 0.25) is 0 Å². The molecule has 0 unspecified atom stereocenters. The fraction of sp³-hybridized carbons (Fsp3) is 0.833. The number of hydrogen-bond donors (Lipinski definition) is 1. The van der Waals surface area contributed by atoms with Crippen LogP contribution < -0.4 is 5.43 Å². The molecule has 0 radical (unpaired) electrons. The van der Waals surface area contributed by atoms with Gasteiger partial charge in [0.1, 0.15) is 0 Å². The van der Waals surface area contributed by atoms with Gasteiger partial charge in [-0.1, -0.05) is 6.92 Å². The molecule has 0 rings (SSSR count). The molecule has 0 aliphatic carbocycles. The van der Waals surface area contributed by atoms with Crippen molar-refractivity contribution in [1.82, 2.24) is 5.43 Å². The largest absolute Gasteiger partial charge is 0.310 e. The first-order valence-corrected chi connectivity index (χ1v) is 3.07. The molecular formula is C6H14N2. The predicted molar refractivity (Wildman–Crippen MR) is 37.1 cm³/mol. The zero-order valence-electron chi connectivity index (χ0n) is 5.86. The molecule has 0 spiro atoms. The highest BCUT2D eigenvalue weighted by atomic mass is 15.3. The van der Waals surface area contributed by atoms with Crippen LogP contribution in [0.4, 0.5) is 0 Å². The van der Waals surface area contributed by atoms with Gasteiger partial charge in [0, 0.05) is 12.3 Å². The van der Waals surface area contributed by atoms with Gasteiger partial charge in [-0.3, -0.25) is 0 Å². The van der Waals surface area contributed by atoms with Crippen molar-refractivity contribution < 1.29 is 0 Å². The van der Waals surface area contributed by atoms with E-state index in [-0.39, 0.29) is 0 Å². The first-order chi connectivity index (χ1) is 3.81. The molecule has 0 fully saturated rings. The molecule has 8 heavy (non-hydrogen) atoms. The second-order valence-corrected chi connectivity index (χ2v) is 1.71. The Bertz CT molecular complexity index is 76.6. The maximum absolute atomic E-state index is 4.03. The van der Waals surface area contributed by atoms with Crippen molar-refractivity contribution in [3.8, 4) is 0 Å². The van der Waals surface area contributed by atoms with E-state index in [0.29, 0.717) is 0 Å². The Kier molecular flexibility index (Phi) is 4.32. The number of hydrazone groups is 1. The van der Waals surface area contributed by atoms with Gasteiger partial charge in [-0.2, -0.15) is 5.10 Å². The summed E-state index contributed by atoms with van der Waals surface area (Å²) in [6.07, 6.45) is 1.03. The molecule has 0 aromatic rings. The maximum Gasteiger partial charge on any atom is 0.0344 e. The van der Waals surface area contributed by atoms with Gasteiger partial charge < -0.3 is 5.43 Å². The summed E-state index contributed by atoms with van der Waals surface area (Å²) in [6.45, 7) is 7.06. The SMILES string of the molecule is CCNN=C(C)CC. The van der Waals surface area contributed by atoms with Crippen LogP contribution >= 0.6 is 0 Å². The summed E-state index contributed by atoms with van der Waals surface area (Å²) >= 11 is 0. The summed E-state index contributed by atoms with van der Waals surface area (Å²) < 4.78 is 0. The Labute approximate surface area is 51.0 Å². The lowest BCUT2D eigenvalue weighted by Crippen LogP contribution is -2.06. The number of nitrogens with one attached hydrogen (secondary N) is 1. The predicted octanol–water partition coefficient (Wildman–Crippen LogP) is 1.38. The zero-order chi connectivity index (χ0) is 6.41. The van der Waals surface area contributed by atoms with Crippen molar-refractivity contribution in [1.29, 1.82) is 0 Å². The highest BCUT2D eigenvalue weighted by Crippen LogP contribution is 1.79. The second kappa shape index (κ2) is 4.62. The average Bonchev–Trinajstić information content (AvgIpc) is 1.83. The molecule has 48 valence electrons. The number of hydrogen-bond acceptors (Lipinski definition) is 2. The molecule has 2 heteroatoms. The molecule has 0 heterocycles. The van der Waals surface area contributed by atoms with Crippen molar-refractivity contribution in [3.63, 3.8) is 0 Å². The minimum Gasteiger partial charge on any atom is -0.310 e. The number of rotatable bonds is 3. The molecule has 0 saturated heterocycles. The van der Waals surface area contributed by atoms with Gasteiger partial charge in [-0.15, -0.1) is 0 Å². The lowest BCUT2D eigenvalue weighted by atomic mass is 10.3. The molecule has 0 aromatic carbocycles. The molecule has 2 nitrogen and oxygen atoms in total. The van der Waals surface area contributed by atoms with E-state index in [9.17, 15) is 0 Å². The summed E-state index contributed by atoms with van der Waals surface area (Å²) in [5, 5.41) is 4.03. The summed E-state index contributed by atoms with van der Waals surface area (Å²) in [7, 11) is 0. The van der Waals surface area contributed by atoms with Crippen molar-refractivity contribution in [2.45, 2.75) is 27.2 Å². The van der Waals surface area contributed by atoms with Gasteiger partial charge in [-0.25, -0.2) is 0 Å². The van der Waals surface area contributed by atoms with E-state index in [1.807, 2.05) is 13.8 Å². The van der Waals surface area contributed by atoms with Gasteiger partial charge in [0.05, 0.1) is 0 Å². The molecule has 0 amide bonds. The Hall–Kier alpha value is -0.530. The van der Waals surface area contributed by atoms with E-state index in [1.54, 1.807) is 0 Å². The summed E-state index contributed by atoms with van der Waals surface area (Å²) in [5.74, 6) is 0. The first-order valence-electron chi connectivity index (χ1n) is 3.07. The average molecular weight is 114 g/mol. The third kappa shape index (κ3) is 3.65. The molecule has 0 bridgehead atoms. The first kappa shape index (κ1) is 7.47. The molecule has 0 aliphatic heterocycles. The maximum atomic E-state index is 4.03. The summed E-state index contributed by atoms with van der Waals surface area (Å²) in [4.78, 5) is 0. The van der Waals surface area contributed by atoms with E-state index in [2.05, 4.69) is 17.5 Å². The van der Waals surface area contributed by atoms with Crippen molar-refractivity contribution in [2.24, 2.45) is 5.10 Å². The van der Waals surface area contributed by atoms with E-state index in [0.717, 1.165) is 18.7 Å². The van der Waals surface area contributed by atoms with Crippen molar-refractivity contribution in [2.75, 3.05) is 6.54 Å². The lowest BCUT2D eigenvalue weighted by Gasteiger charge is -1.94. The van der Waals surface area contributed by atoms with Gasteiger partial charge in [0.25, 0.3) is 0 Å². The minimum atomic E-state index is 0.914. The smallest absolute Gasteiger partial charge is 0.0344 e. The van der Waals surface area contributed by atoms with Crippen LogP contribution in [0.5, 0.6) is 0 Å². The Balaban J connectivity index is 3.26. The highest BCUT2D eigenvalue weighted by Gasteiger charge is 1.80.